The molecule has 1 saturated heterocycles. The smallest absolute Gasteiger partial charge is 0.258 e. The van der Waals surface area contributed by atoms with Gasteiger partial charge in [-0.2, -0.15) is 4.31 Å². The van der Waals surface area contributed by atoms with E-state index in [4.69, 9.17) is 0 Å². The van der Waals surface area contributed by atoms with Crippen molar-refractivity contribution in [2.45, 2.75) is 68.8 Å². The van der Waals surface area contributed by atoms with Crippen LogP contribution in [0.25, 0.3) is 10.9 Å². The Balaban J connectivity index is 1.35. The fourth-order valence-electron chi connectivity index (χ4n) is 5.88. The van der Waals surface area contributed by atoms with Crippen LogP contribution in [-0.2, 0) is 21.4 Å². The van der Waals surface area contributed by atoms with Crippen molar-refractivity contribution in [2.75, 3.05) is 11.4 Å². The van der Waals surface area contributed by atoms with E-state index >= 15 is 0 Å². The Morgan fingerprint density at radius 1 is 0.978 bits per heavy atom. The van der Waals surface area contributed by atoms with Crippen molar-refractivity contribution < 1.29 is 30.8 Å². The summed E-state index contributed by atoms with van der Waals surface area (Å²) < 4.78 is 85.4. The molecule has 1 saturated carbocycles. The number of halogens is 4. The number of fused-ring (bicyclic) bond motifs is 1. The Morgan fingerprint density at radius 3 is 2.31 bits per heavy atom. The summed E-state index contributed by atoms with van der Waals surface area (Å²) in [6, 6.07) is 2.93. The zero-order valence-corrected chi connectivity index (χ0v) is 24.9. The Hall–Kier alpha value is -4.24. The minimum absolute atomic E-state index is 0.0353. The Kier molecular flexibility index (Phi) is 8.16. The fraction of sp³-hybridized carbons (Fsp3) is 0.367. The Morgan fingerprint density at radius 2 is 1.69 bits per heavy atom. The van der Waals surface area contributed by atoms with E-state index < -0.39 is 61.3 Å². The van der Waals surface area contributed by atoms with Gasteiger partial charge in [0, 0.05) is 29.9 Å². The summed E-state index contributed by atoms with van der Waals surface area (Å²) >= 11 is 0. The molecule has 1 aliphatic heterocycles. The zero-order valence-electron chi connectivity index (χ0n) is 24.1. The first-order valence-corrected chi connectivity index (χ1v) is 15.9. The number of sulfonamides is 1. The Bertz CT molecular complexity index is 1940. The van der Waals surface area contributed by atoms with Gasteiger partial charge in [0.05, 0.1) is 41.4 Å². The third-order valence-corrected chi connectivity index (χ3v) is 10.5. The van der Waals surface area contributed by atoms with Gasteiger partial charge in [0.25, 0.3) is 5.56 Å². The van der Waals surface area contributed by atoms with Crippen LogP contribution in [0.4, 0.5) is 23.2 Å². The van der Waals surface area contributed by atoms with E-state index in [9.17, 15) is 35.6 Å². The lowest BCUT2D eigenvalue weighted by molar-refractivity contribution is -0.125. The second-order valence-electron chi connectivity index (χ2n) is 11.3. The normalized spacial score (nSPS) is 17.8. The molecule has 1 amide bonds. The molecule has 1 N–H and O–H groups in total. The minimum atomic E-state index is -5.20. The van der Waals surface area contributed by atoms with E-state index in [1.54, 1.807) is 6.20 Å². The molecule has 3 heterocycles. The molecule has 2 aliphatic rings. The average Bonchev–Trinajstić information content (AvgIpc) is 3.01. The molecule has 0 radical (unpaired) electrons. The number of nitrogens with zero attached hydrogens (tertiary/aromatic N) is 5. The SMILES string of the molecule is Cc1c(F)c(F)c(S(=O)(=O)N2CC[C@@H]2C(=O)N(Cc2cnc(C3CCCCC3)cn2)c2ccc3c(=O)[nH]cnc3c2)c(F)c1F. The number of nitrogens with one attached hydrogen (secondary N) is 1. The lowest BCUT2D eigenvalue weighted by atomic mass is 9.87. The van der Waals surface area contributed by atoms with Crippen LogP contribution in [0.5, 0.6) is 0 Å². The van der Waals surface area contributed by atoms with Gasteiger partial charge in [0.2, 0.25) is 15.9 Å². The molecule has 1 aliphatic carbocycles. The van der Waals surface area contributed by atoms with E-state index in [1.165, 1.54) is 42.0 Å². The summed E-state index contributed by atoms with van der Waals surface area (Å²) in [5.74, 6) is -8.33. The van der Waals surface area contributed by atoms with Crippen molar-refractivity contribution in [2.24, 2.45) is 0 Å². The van der Waals surface area contributed by atoms with Gasteiger partial charge in [0.15, 0.2) is 28.2 Å². The third kappa shape index (κ3) is 5.47. The number of aromatic amines is 1. The molecule has 0 unspecified atom stereocenters. The molecule has 0 spiro atoms. The maximum absolute atomic E-state index is 14.8. The van der Waals surface area contributed by atoms with Gasteiger partial charge in [-0.05, 0) is 44.4 Å². The van der Waals surface area contributed by atoms with Gasteiger partial charge in [-0.15, -0.1) is 0 Å². The third-order valence-electron chi connectivity index (χ3n) is 8.54. The van der Waals surface area contributed by atoms with Crippen LogP contribution in [0.2, 0.25) is 0 Å². The molecule has 10 nitrogen and oxygen atoms in total. The monoisotopic (exact) mass is 644 g/mol. The van der Waals surface area contributed by atoms with Gasteiger partial charge in [0.1, 0.15) is 6.04 Å². The summed E-state index contributed by atoms with van der Waals surface area (Å²) in [6.07, 6.45) is 9.73. The van der Waals surface area contributed by atoms with Crippen LogP contribution in [-0.4, -0.2) is 51.2 Å². The van der Waals surface area contributed by atoms with Crippen molar-refractivity contribution in [3.05, 3.63) is 87.5 Å². The predicted molar refractivity (Wildman–Crippen MR) is 155 cm³/mol. The lowest BCUT2D eigenvalue weighted by Gasteiger charge is -2.41. The highest BCUT2D eigenvalue weighted by Gasteiger charge is 2.47. The van der Waals surface area contributed by atoms with Crippen molar-refractivity contribution in [3.8, 4) is 0 Å². The zero-order chi connectivity index (χ0) is 32.0. The van der Waals surface area contributed by atoms with Crippen molar-refractivity contribution in [1.29, 1.82) is 0 Å². The molecule has 2 fully saturated rings. The molecule has 45 heavy (non-hydrogen) atoms. The van der Waals surface area contributed by atoms with E-state index in [1.807, 2.05) is 0 Å². The van der Waals surface area contributed by atoms with Crippen LogP contribution in [0, 0.1) is 30.2 Å². The van der Waals surface area contributed by atoms with Crippen LogP contribution < -0.4 is 10.5 Å². The second kappa shape index (κ2) is 11.9. The first kappa shape index (κ1) is 30.8. The molecule has 2 aromatic heterocycles. The molecule has 236 valence electrons. The van der Waals surface area contributed by atoms with E-state index in [0.717, 1.165) is 38.3 Å². The number of benzene rings is 2. The van der Waals surface area contributed by atoms with Gasteiger partial charge in [-0.25, -0.2) is 31.0 Å². The molecule has 2 aromatic carbocycles. The number of H-pyrrole nitrogens is 1. The van der Waals surface area contributed by atoms with Crippen molar-refractivity contribution in [1.82, 2.24) is 24.2 Å². The van der Waals surface area contributed by atoms with Gasteiger partial charge < -0.3 is 9.88 Å². The molecule has 1 atom stereocenters. The quantitative estimate of drug-likeness (QED) is 0.230. The van der Waals surface area contributed by atoms with Gasteiger partial charge in [-0.3, -0.25) is 19.6 Å². The fourth-order valence-corrected chi connectivity index (χ4v) is 7.62. The standard InChI is InChI=1S/C30H28F4N6O4S/c1-16-24(31)26(33)28(27(34)25(16)32)45(43,44)40-10-9-23(40)30(42)39(19-7-8-20-21(11-19)37-15-38-29(20)41)14-18-12-36-22(13-35-18)17-5-3-2-4-6-17/h7-8,11-13,15,17,23H,2-6,9-10,14H2,1H3,(H,37,38,41)/t23-/m1/s1. The lowest BCUT2D eigenvalue weighted by Crippen LogP contribution is -2.59. The van der Waals surface area contributed by atoms with Crippen molar-refractivity contribution in [3.63, 3.8) is 0 Å². The van der Waals surface area contributed by atoms with Crippen LogP contribution in [0.1, 0.15) is 61.4 Å². The molecule has 0 bridgehead atoms. The largest absolute Gasteiger partial charge is 0.313 e. The Labute approximate surface area is 255 Å². The second-order valence-corrected chi connectivity index (χ2v) is 13.1. The van der Waals surface area contributed by atoms with E-state index in [2.05, 4.69) is 19.9 Å². The van der Waals surface area contributed by atoms with E-state index in [0.29, 0.717) is 10.00 Å². The number of rotatable bonds is 7. The molecular formula is C30H28F4N6O4S. The number of aromatic nitrogens is 4. The number of hydrogen-bond acceptors (Lipinski definition) is 7. The maximum Gasteiger partial charge on any atom is 0.258 e. The summed E-state index contributed by atoms with van der Waals surface area (Å²) in [5, 5.41) is 0.243. The first-order chi connectivity index (χ1) is 21.5. The van der Waals surface area contributed by atoms with Crippen LogP contribution in [0.15, 0.2) is 46.6 Å². The highest BCUT2D eigenvalue weighted by atomic mass is 32.2. The summed E-state index contributed by atoms with van der Waals surface area (Å²) in [7, 11) is -5.20. The molecular weight excluding hydrogens is 616 g/mol. The summed E-state index contributed by atoms with van der Waals surface area (Å²) in [6.45, 7) is 0.275. The van der Waals surface area contributed by atoms with Crippen molar-refractivity contribution >= 4 is 32.5 Å². The number of hydrogen-bond donors (Lipinski definition) is 1. The first-order valence-electron chi connectivity index (χ1n) is 14.4. The topological polar surface area (TPSA) is 129 Å². The van der Waals surface area contributed by atoms with E-state index in [-0.39, 0.29) is 42.0 Å². The van der Waals surface area contributed by atoms with Crippen LogP contribution >= 0.6 is 0 Å². The highest BCUT2D eigenvalue weighted by Crippen LogP contribution is 2.36. The summed E-state index contributed by atoms with van der Waals surface area (Å²) in [4.78, 5) is 41.4. The van der Waals surface area contributed by atoms with Crippen LogP contribution in [0.3, 0.4) is 0 Å². The highest BCUT2D eigenvalue weighted by molar-refractivity contribution is 7.89. The summed E-state index contributed by atoms with van der Waals surface area (Å²) in [5.41, 5.74) is 0.273. The molecule has 4 aromatic rings. The molecule has 15 heteroatoms. The molecule has 6 rings (SSSR count). The number of amides is 1. The van der Waals surface area contributed by atoms with Gasteiger partial charge in [-0.1, -0.05) is 19.3 Å². The minimum Gasteiger partial charge on any atom is -0.313 e. The average molecular weight is 645 g/mol. The predicted octanol–water partition coefficient (Wildman–Crippen LogP) is 4.62. The number of carbonyl (C=O) groups excluding carboxylic acids is 1. The number of anilines is 1. The van der Waals surface area contributed by atoms with Gasteiger partial charge >= 0.3 is 0 Å². The number of carbonyl (C=O) groups is 1. The maximum atomic E-state index is 14.8.